The molecule has 2 rings (SSSR count). The normalized spacial score (nSPS) is 10.5. The average molecular weight is 332 g/mol. The molecule has 0 atom stereocenters. The Kier molecular flexibility index (Phi) is 5.95. The van der Waals surface area contributed by atoms with Crippen LogP contribution >= 0.6 is 0 Å². The van der Waals surface area contributed by atoms with Crippen LogP contribution in [0.3, 0.4) is 0 Å². The van der Waals surface area contributed by atoms with Gasteiger partial charge < -0.3 is 15.8 Å². The molecule has 0 aliphatic rings. The average Bonchev–Trinajstić information content (AvgIpc) is 2.55. The summed E-state index contributed by atoms with van der Waals surface area (Å²) < 4.78 is 17.9. The molecule has 0 bridgehead atoms. The van der Waals surface area contributed by atoms with Crippen LogP contribution in [0.5, 0.6) is 0 Å². The molecule has 0 saturated heterocycles. The quantitative estimate of drug-likeness (QED) is 0.752. The number of aromatic nitrogens is 1. The first kappa shape index (κ1) is 17.5. The molecular formula is C17H21FN4O2. The second-order valence-electron chi connectivity index (χ2n) is 5.73. The minimum atomic E-state index is -0.566. The van der Waals surface area contributed by atoms with Crippen LogP contribution in [0.15, 0.2) is 36.4 Å². The predicted octanol–water partition coefficient (Wildman–Crippen LogP) is 3.62. The van der Waals surface area contributed by atoms with E-state index in [1.807, 2.05) is 13.8 Å². The zero-order valence-corrected chi connectivity index (χ0v) is 13.7. The molecule has 0 unspecified atom stereocenters. The number of nitrogen functional groups attached to an aromatic ring is 1. The third-order valence-electron chi connectivity index (χ3n) is 3.10. The summed E-state index contributed by atoms with van der Waals surface area (Å²) in [6.07, 6.45) is -0.566. The van der Waals surface area contributed by atoms with Gasteiger partial charge in [0, 0.05) is 6.54 Å². The maximum atomic E-state index is 12.9. The first-order valence-corrected chi connectivity index (χ1v) is 7.62. The highest BCUT2D eigenvalue weighted by Gasteiger charge is 2.09. The molecule has 1 aromatic heterocycles. The lowest BCUT2D eigenvalue weighted by Crippen LogP contribution is -2.18. The second-order valence-corrected chi connectivity index (χ2v) is 5.73. The van der Waals surface area contributed by atoms with Crippen molar-refractivity contribution in [2.45, 2.75) is 20.4 Å². The Bertz CT molecular complexity index is 689. The van der Waals surface area contributed by atoms with E-state index in [1.165, 1.54) is 12.1 Å². The molecular weight excluding hydrogens is 311 g/mol. The van der Waals surface area contributed by atoms with E-state index in [9.17, 15) is 9.18 Å². The molecule has 0 fully saturated rings. The van der Waals surface area contributed by atoms with E-state index in [2.05, 4.69) is 15.6 Å². The number of benzene rings is 1. The van der Waals surface area contributed by atoms with Crippen molar-refractivity contribution >= 4 is 23.4 Å². The number of hydrogen-bond acceptors (Lipinski definition) is 5. The monoisotopic (exact) mass is 332 g/mol. The van der Waals surface area contributed by atoms with Crippen molar-refractivity contribution in [2.75, 3.05) is 23.0 Å². The molecule has 6 nitrogen and oxygen atoms in total. The van der Waals surface area contributed by atoms with Crippen LogP contribution in [0.25, 0.3) is 0 Å². The number of carbonyl (C=O) groups is 1. The van der Waals surface area contributed by atoms with E-state index in [-0.39, 0.29) is 17.6 Å². The number of rotatable bonds is 6. The van der Waals surface area contributed by atoms with Crippen LogP contribution in [0.1, 0.15) is 19.4 Å². The summed E-state index contributed by atoms with van der Waals surface area (Å²) in [5.74, 6) is 0.712. The molecule has 24 heavy (non-hydrogen) atoms. The zero-order valence-electron chi connectivity index (χ0n) is 13.7. The summed E-state index contributed by atoms with van der Waals surface area (Å²) in [6, 6.07) is 9.51. The fraction of sp³-hybridized carbons (Fsp3) is 0.294. The first-order valence-electron chi connectivity index (χ1n) is 7.62. The fourth-order valence-electron chi connectivity index (χ4n) is 1.86. The number of amides is 1. The Hall–Kier alpha value is -2.83. The largest absolute Gasteiger partial charge is 0.449 e. The lowest BCUT2D eigenvalue weighted by Gasteiger charge is -2.11. The third kappa shape index (κ3) is 5.42. The van der Waals surface area contributed by atoms with Crippen LogP contribution in [0, 0.1) is 11.7 Å². The number of hydrogen-bond donors (Lipinski definition) is 3. The molecule has 0 radical (unpaired) electrons. The van der Waals surface area contributed by atoms with Gasteiger partial charge in [-0.2, -0.15) is 0 Å². The van der Waals surface area contributed by atoms with E-state index in [0.717, 1.165) is 5.56 Å². The number of anilines is 3. The SMILES string of the molecule is CC(C)COC(=O)Nc1ccc(NCc2ccc(F)cc2)nc1N. The minimum Gasteiger partial charge on any atom is -0.449 e. The number of nitrogens with one attached hydrogen (secondary N) is 2. The van der Waals surface area contributed by atoms with Gasteiger partial charge in [0.2, 0.25) is 0 Å². The molecule has 7 heteroatoms. The molecule has 2 aromatic rings. The van der Waals surface area contributed by atoms with Crippen LogP contribution in [-0.4, -0.2) is 17.7 Å². The highest BCUT2D eigenvalue weighted by atomic mass is 19.1. The predicted molar refractivity (Wildman–Crippen MR) is 92.2 cm³/mol. The van der Waals surface area contributed by atoms with Crippen molar-refractivity contribution in [2.24, 2.45) is 5.92 Å². The topological polar surface area (TPSA) is 89.3 Å². The van der Waals surface area contributed by atoms with Crippen molar-refractivity contribution in [1.82, 2.24) is 4.98 Å². The van der Waals surface area contributed by atoms with Crippen molar-refractivity contribution in [3.8, 4) is 0 Å². The first-order chi connectivity index (χ1) is 11.4. The number of nitrogens with two attached hydrogens (primary N) is 1. The Balaban J connectivity index is 1.91. The molecule has 0 spiro atoms. The van der Waals surface area contributed by atoms with Gasteiger partial charge in [-0.25, -0.2) is 14.2 Å². The van der Waals surface area contributed by atoms with Crippen molar-refractivity contribution in [3.63, 3.8) is 0 Å². The Labute approximate surface area is 140 Å². The molecule has 1 aromatic carbocycles. The molecule has 0 aliphatic carbocycles. The van der Waals surface area contributed by atoms with Gasteiger partial charge in [0.25, 0.3) is 0 Å². The lowest BCUT2D eigenvalue weighted by molar-refractivity contribution is 0.147. The van der Waals surface area contributed by atoms with Crippen LogP contribution in [0.4, 0.5) is 26.5 Å². The van der Waals surface area contributed by atoms with E-state index >= 15 is 0 Å². The van der Waals surface area contributed by atoms with Gasteiger partial charge in [-0.1, -0.05) is 26.0 Å². The van der Waals surface area contributed by atoms with E-state index in [0.29, 0.717) is 24.7 Å². The van der Waals surface area contributed by atoms with Crippen molar-refractivity contribution in [1.29, 1.82) is 0 Å². The third-order valence-corrected chi connectivity index (χ3v) is 3.10. The Morgan fingerprint density at radius 3 is 2.58 bits per heavy atom. The summed E-state index contributed by atoms with van der Waals surface area (Å²) in [7, 11) is 0. The van der Waals surface area contributed by atoms with Gasteiger partial charge >= 0.3 is 6.09 Å². The number of halogens is 1. The summed E-state index contributed by atoms with van der Waals surface area (Å²) in [5.41, 5.74) is 7.14. The molecule has 128 valence electrons. The van der Waals surface area contributed by atoms with E-state index in [1.54, 1.807) is 24.3 Å². The minimum absolute atomic E-state index is 0.181. The molecule has 1 amide bonds. The summed E-state index contributed by atoms with van der Waals surface area (Å²) in [5, 5.41) is 5.64. The zero-order chi connectivity index (χ0) is 17.5. The molecule has 4 N–H and O–H groups in total. The maximum Gasteiger partial charge on any atom is 0.411 e. The summed E-state index contributed by atoms with van der Waals surface area (Å²) in [6.45, 7) is 4.71. The standard InChI is InChI=1S/C17H21FN4O2/c1-11(2)10-24-17(23)21-14-7-8-15(22-16(14)19)20-9-12-3-5-13(18)6-4-12/h3-8,11H,9-10H2,1-2H3,(H,21,23)(H3,19,20,22). The van der Waals surface area contributed by atoms with Gasteiger partial charge in [0.1, 0.15) is 17.5 Å². The summed E-state index contributed by atoms with van der Waals surface area (Å²) >= 11 is 0. The van der Waals surface area contributed by atoms with Gasteiger partial charge in [-0.3, -0.25) is 5.32 Å². The highest BCUT2D eigenvalue weighted by Crippen LogP contribution is 2.19. The number of ether oxygens (including phenoxy) is 1. The molecule has 1 heterocycles. The van der Waals surface area contributed by atoms with E-state index in [4.69, 9.17) is 10.5 Å². The fourth-order valence-corrected chi connectivity index (χ4v) is 1.86. The molecule has 0 aliphatic heterocycles. The van der Waals surface area contributed by atoms with Crippen LogP contribution in [-0.2, 0) is 11.3 Å². The smallest absolute Gasteiger partial charge is 0.411 e. The van der Waals surface area contributed by atoms with Crippen molar-refractivity contribution in [3.05, 3.63) is 47.8 Å². The Morgan fingerprint density at radius 2 is 1.96 bits per heavy atom. The number of nitrogens with zero attached hydrogens (tertiary/aromatic N) is 1. The van der Waals surface area contributed by atoms with Gasteiger partial charge in [-0.05, 0) is 35.7 Å². The Morgan fingerprint density at radius 1 is 1.25 bits per heavy atom. The van der Waals surface area contributed by atoms with Crippen LogP contribution in [0.2, 0.25) is 0 Å². The highest BCUT2D eigenvalue weighted by molar-refractivity contribution is 5.88. The van der Waals surface area contributed by atoms with Gasteiger partial charge in [0.15, 0.2) is 0 Å². The second kappa shape index (κ2) is 8.14. The van der Waals surface area contributed by atoms with E-state index < -0.39 is 6.09 Å². The number of carbonyl (C=O) groups excluding carboxylic acids is 1. The summed E-state index contributed by atoms with van der Waals surface area (Å²) in [4.78, 5) is 15.8. The molecule has 0 saturated carbocycles. The maximum absolute atomic E-state index is 12.9. The van der Waals surface area contributed by atoms with Crippen LogP contribution < -0.4 is 16.4 Å². The van der Waals surface area contributed by atoms with Gasteiger partial charge in [-0.15, -0.1) is 0 Å². The number of pyridine rings is 1. The van der Waals surface area contributed by atoms with Crippen molar-refractivity contribution < 1.29 is 13.9 Å². The van der Waals surface area contributed by atoms with Gasteiger partial charge in [0.05, 0.1) is 12.3 Å². The lowest BCUT2D eigenvalue weighted by atomic mass is 10.2.